The molecule has 122 valence electrons. The lowest BCUT2D eigenvalue weighted by Gasteiger charge is -2.57. The first-order valence-corrected chi connectivity index (χ1v) is 9.34. The van der Waals surface area contributed by atoms with Crippen LogP contribution in [0.4, 0.5) is 11.7 Å². The Balaban J connectivity index is 1.81. The summed E-state index contributed by atoms with van der Waals surface area (Å²) in [6, 6.07) is 4.11. The minimum absolute atomic E-state index is 0.0687. The fraction of sp³-hybridized carbons (Fsp3) is 0.647. The molecule has 0 aromatic heterocycles. The van der Waals surface area contributed by atoms with Crippen molar-refractivity contribution in [3.05, 3.63) is 23.8 Å². The molecule has 1 aromatic carbocycles. The van der Waals surface area contributed by atoms with Crippen LogP contribution in [0.5, 0.6) is 5.75 Å². The molecule has 4 saturated carbocycles. The summed E-state index contributed by atoms with van der Waals surface area (Å²) in [4.78, 5) is -0.459. The summed E-state index contributed by atoms with van der Waals surface area (Å²) in [6.45, 7) is 0. The third-order valence-electron chi connectivity index (χ3n) is 6.05. The summed E-state index contributed by atoms with van der Waals surface area (Å²) in [5.74, 6) is 2.77. The third-order valence-corrected chi connectivity index (χ3v) is 6.84. The average Bonchev–Trinajstić information content (AvgIpc) is 2.44. The Morgan fingerprint density at radius 1 is 1.00 bits per heavy atom. The van der Waals surface area contributed by atoms with Gasteiger partial charge in [0.05, 0.1) is 12.0 Å². The number of methoxy groups -OCH3 is 1. The Morgan fingerprint density at radius 2 is 1.55 bits per heavy atom. The van der Waals surface area contributed by atoms with Crippen molar-refractivity contribution >= 4 is 11.2 Å². The van der Waals surface area contributed by atoms with Crippen LogP contribution >= 0.6 is 11.2 Å². The summed E-state index contributed by atoms with van der Waals surface area (Å²) >= 11 is -5.18. The smallest absolute Gasteiger partial charge is 0.237 e. The summed E-state index contributed by atoms with van der Waals surface area (Å²) in [7, 11) is 1.57. The quantitative estimate of drug-likeness (QED) is 0.662. The Bertz CT molecular complexity index is 561. The summed E-state index contributed by atoms with van der Waals surface area (Å²) in [5.41, 5.74) is 0.761. The lowest BCUT2D eigenvalue weighted by atomic mass is 9.48. The van der Waals surface area contributed by atoms with Crippen LogP contribution in [-0.2, 0) is 5.41 Å². The van der Waals surface area contributed by atoms with E-state index in [1.165, 1.54) is 37.5 Å². The molecule has 4 bridgehead atoms. The predicted octanol–water partition coefficient (Wildman–Crippen LogP) is 5.98. The van der Waals surface area contributed by atoms with Crippen LogP contribution in [0.25, 0.3) is 0 Å². The second-order valence-corrected chi connectivity index (χ2v) is 8.75. The largest absolute Gasteiger partial charge is 0.496 e. The highest BCUT2D eigenvalue weighted by Crippen LogP contribution is 2.65. The van der Waals surface area contributed by atoms with E-state index in [1.807, 2.05) is 0 Å². The molecule has 5 heteroatoms. The van der Waals surface area contributed by atoms with Crippen LogP contribution in [0, 0.1) is 17.8 Å². The van der Waals surface area contributed by atoms with Gasteiger partial charge in [0.15, 0.2) is 0 Å². The number of hydrogen-bond acceptors (Lipinski definition) is 1. The third kappa shape index (κ3) is 2.24. The number of halogens is 3. The van der Waals surface area contributed by atoms with Crippen molar-refractivity contribution in [1.29, 1.82) is 0 Å². The Kier molecular flexibility index (Phi) is 3.23. The Morgan fingerprint density at radius 3 is 2.00 bits per heavy atom. The fourth-order valence-corrected chi connectivity index (χ4v) is 6.16. The van der Waals surface area contributed by atoms with Crippen LogP contribution < -0.4 is 4.74 Å². The standard InChI is InChI=1S/C17H21F3OS/c1-21-16-3-2-14(22(18,19)20)7-15(16)17-8-11-4-12(9-17)6-13(5-11)10-17/h2-3,7,11-13H,4-6,8-10H2,1H3. The molecule has 0 N–H and O–H groups in total. The lowest BCUT2D eigenvalue weighted by Crippen LogP contribution is -2.48. The Hall–Kier alpha value is -0.840. The number of benzene rings is 1. The zero-order chi connectivity index (χ0) is 15.5. The molecule has 22 heavy (non-hydrogen) atoms. The first-order chi connectivity index (χ1) is 10.4. The maximum absolute atomic E-state index is 13.2. The van der Waals surface area contributed by atoms with Crippen LogP contribution in [0.1, 0.15) is 44.1 Å². The van der Waals surface area contributed by atoms with Crippen LogP contribution in [-0.4, -0.2) is 7.11 Å². The molecular formula is C17H21F3OS. The van der Waals surface area contributed by atoms with E-state index >= 15 is 0 Å². The second kappa shape index (κ2) is 4.83. The molecule has 1 nitrogen and oxygen atoms in total. The lowest BCUT2D eigenvalue weighted by molar-refractivity contribution is -0.00625. The molecule has 0 unspecified atom stereocenters. The fourth-order valence-electron chi connectivity index (χ4n) is 5.69. The molecule has 0 aliphatic heterocycles. The van der Waals surface area contributed by atoms with Gasteiger partial charge in [0.2, 0.25) is 11.2 Å². The van der Waals surface area contributed by atoms with Gasteiger partial charge in [-0.2, -0.15) is 0 Å². The first-order valence-electron chi connectivity index (χ1n) is 8.00. The highest BCUT2D eigenvalue weighted by molar-refractivity contribution is 8.20. The summed E-state index contributed by atoms with van der Waals surface area (Å²) in [6.07, 6.45) is 6.99. The molecule has 0 saturated heterocycles. The van der Waals surface area contributed by atoms with Crippen molar-refractivity contribution in [3.63, 3.8) is 0 Å². The molecule has 0 radical (unpaired) electrons. The number of hydrogen-bond donors (Lipinski definition) is 0. The molecular weight excluding hydrogens is 309 g/mol. The van der Waals surface area contributed by atoms with Gasteiger partial charge < -0.3 is 4.74 Å². The average molecular weight is 330 g/mol. The van der Waals surface area contributed by atoms with Gasteiger partial charge in [0.1, 0.15) is 5.75 Å². The zero-order valence-electron chi connectivity index (χ0n) is 12.7. The maximum Gasteiger partial charge on any atom is 0.237 e. The van der Waals surface area contributed by atoms with E-state index in [0.29, 0.717) is 23.5 Å². The van der Waals surface area contributed by atoms with Crippen molar-refractivity contribution in [2.24, 2.45) is 17.8 Å². The van der Waals surface area contributed by atoms with E-state index in [4.69, 9.17) is 4.74 Å². The Labute approximate surface area is 131 Å². The van der Waals surface area contributed by atoms with E-state index in [-0.39, 0.29) is 5.41 Å². The highest BCUT2D eigenvalue weighted by atomic mass is 32.3. The maximum atomic E-state index is 13.2. The molecule has 0 spiro atoms. The van der Waals surface area contributed by atoms with E-state index in [1.54, 1.807) is 7.11 Å². The van der Waals surface area contributed by atoms with Crippen molar-refractivity contribution in [2.75, 3.05) is 7.11 Å². The van der Waals surface area contributed by atoms with Gasteiger partial charge in [-0.05, 0) is 79.9 Å². The van der Waals surface area contributed by atoms with Crippen LogP contribution in [0.2, 0.25) is 0 Å². The van der Waals surface area contributed by atoms with Crippen LogP contribution in [0.3, 0.4) is 0 Å². The van der Waals surface area contributed by atoms with Gasteiger partial charge in [-0.3, -0.25) is 0 Å². The molecule has 5 rings (SSSR count). The van der Waals surface area contributed by atoms with Crippen molar-refractivity contribution in [1.82, 2.24) is 0 Å². The molecule has 4 fully saturated rings. The predicted molar refractivity (Wildman–Crippen MR) is 82.0 cm³/mol. The second-order valence-electron chi connectivity index (χ2n) is 7.47. The van der Waals surface area contributed by atoms with Gasteiger partial charge >= 0.3 is 0 Å². The molecule has 0 atom stereocenters. The van der Waals surface area contributed by atoms with Gasteiger partial charge in [-0.15, -0.1) is 11.7 Å². The number of rotatable bonds is 3. The van der Waals surface area contributed by atoms with Gasteiger partial charge in [-0.1, -0.05) is 0 Å². The molecule has 4 aliphatic rings. The van der Waals surface area contributed by atoms with Gasteiger partial charge in [-0.25, -0.2) is 0 Å². The van der Waals surface area contributed by atoms with Crippen molar-refractivity contribution in [3.8, 4) is 5.75 Å². The monoisotopic (exact) mass is 330 g/mol. The van der Waals surface area contributed by atoms with Crippen LogP contribution in [0.15, 0.2) is 23.1 Å². The van der Waals surface area contributed by atoms with Gasteiger partial charge in [0, 0.05) is 5.56 Å². The molecule has 0 heterocycles. The van der Waals surface area contributed by atoms with Crippen molar-refractivity contribution in [2.45, 2.75) is 48.8 Å². The van der Waals surface area contributed by atoms with Gasteiger partial charge in [0.25, 0.3) is 0 Å². The van der Waals surface area contributed by atoms with E-state index in [0.717, 1.165) is 24.8 Å². The minimum Gasteiger partial charge on any atom is -0.496 e. The molecule has 1 aromatic rings. The van der Waals surface area contributed by atoms with E-state index < -0.39 is 16.1 Å². The normalized spacial score (nSPS) is 37.4. The van der Waals surface area contributed by atoms with E-state index in [9.17, 15) is 11.7 Å². The van der Waals surface area contributed by atoms with Crippen molar-refractivity contribution < 1.29 is 16.4 Å². The minimum atomic E-state index is -5.18. The topological polar surface area (TPSA) is 9.23 Å². The highest BCUT2D eigenvalue weighted by Gasteiger charge is 2.52. The summed E-state index contributed by atoms with van der Waals surface area (Å²) < 4.78 is 45.1. The SMILES string of the molecule is COc1ccc(S(F)(F)F)cc1C12CC3CC(CC(C3)C1)C2. The number of ether oxygens (including phenoxy) is 1. The molecule has 4 aliphatic carbocycles. The van der Waals surface area contributed by atoms with E-state index in [2.05, 4.69) is 0 Å². The summed E-state index contributed by atoms with van der Waals surface area (Å²) in [5, 5.41) is 0. The first kappa shape index (κ1) is 14.7. The molecule has 0 amide bonds. The zero-order valence-corrected chi connectivity index (χ0v) is 13.5.